The second-order valence-corrected chi connectivity index (χ2v) is 7.60. The highest BCUT2D eigenvalue weighted by Gasteiger charge is 2.19. The van der Waals surface area contributed by atoms with Gasteiger partial charge in [0.1, 0.15) is 4.90 Å². The van der Waals surface area contributed by atoms with Crippen LogP contribution in [0.1, 0.15) is 43.0 Å². The number of rotatable bonds is 10. The summed E-state index contributed by atoms with van der Waals surface area (Å²) in [5.74, 6) is -1.20. The van der Waals surface area contributed by atoms with Crippen LogP contribution in [-0.4, -0.2) is 40.5 Å². The van der Waals surface area contributed by atoms with E-state index in [1.54, 1.807) is 0 Å². The molecule has 0 aromatic heterocycles. The molecule has 0 saturated heterocycles. The monoisotopic (exact) mass is 390 g/mol. The standard InChI is InChI=1S/C16H23ClN2O5S/c1-3-4-5-6-9-19-15(20)11-24-16(21)12-7-8-13(17)14(10-12)25(22,23)18-2/h7-8,10,18H,3-6,9,11H2,1-2H3,(H,19,20). The minimum Gasteiger partial charge on any atom is -0.452 e. The Morgan fingerprint density at radius 1 is 1.20 bits per heavy atom. The Balaban J connectivity index is 2.58. The van der Waals surface area contributed by atoms with Gasteiger partial charge < -0.3 is 10.1 Å². The molecule has 25 heavy (non-hydrogen) atoms. The van der Waals surface area contributed by atoms with Crippen LogP contribution in [0.25, 0.3) is 0 Å². The van der Waals surface area contributed by atoms with Gasteiger partial charge in [0.05, 0.1) is 10.6 Å². The molecule has 1 aromatic rings. The molecule has 0 aliphatic rings. The molecule has 2 N–H and O–H groups in total. The number of hydrogen-bond donors (Lipinski definition) is 2. The molecule has 7 nitrogen and oxygen atoms in total. The van der Waals surface area contributed by atoms with E-state index in [4.69, 9.17) is 16.3 Å². The number of carbonyl (C=O) groups excluding carboxylic acids is 2. The number of esters is 1. The van der Waals surface area contributed by atoms with E-state index in [1.165, 1.54) is 19.2 Å². The molecule has 0 aliphatic heterocycles. The van der Waals surface area contributed by atoms with Crippen molar-refractivity contribution in [2.75, 3.05) is 20.2 Å². The van der Waals surface area contributed by atoms with Crippen LogP contribution in [0.5, 0.6) is 0 Å². The van der Waals surface area contributed by atoms with Crippen molar-refractivity contribution in [1.82, 2.24) is 10.0 Å². The van der Waals surface area contributed by atoms with Gasteiger partial charge >= 0.3 is 5.97 Å². The highest BCUT2D eigenvalue weighted by Crippen LogP contribution is 2.22. The summed E-state index contributed by atoms with van der Waals surface area (Å²) in [6.45, 7) is 2.20. The Morgan fingerprint density at radius 2 is 1.92 bits per heavy atom. The zero-order valence-electron chi connectivity index (χ0n) is 14.3. The molecular formula is C16H23ClN2O5S. The Bertz CT molecular complexity index is 706. The molecule has 140 valence electrons. The highest BCUT2D eigenvalue weighted by atomic mass is 35.5. The predicted octanol–water partition coefficient (Wildman–Crippen LogP) is 2.10. The van der Waals surface area contributed by atoms with Crippen molar-refractivity contribution in [3.05, 3.63) is 28.8 Å². The highest BCUT2D eigenvalue weighted by molar-refractivity contribution is 7.89. The first-order valence-electron chi connectivity index (χ1n) is 7.98. The van der Waals surface area contributed by atoms with Crippen molar-refractivity contribution in [3.8, 4) is 0 Å². The average Bonchev–Trinajstić information content (AvgIpc) is 2.59. The summed E-state index contributed by atoms with van der Waals surface area (Å²) in [5, 5.41) is 2.64. The van der Waals surface area contributed by atoms with Crippen LogP contribution >= 0.6 is 11.6 Å². The van der Waals surface area contributed by atoms with Crippen LogP contribution in [0, 0.1) is 0 Å². The molecule has 1 amide bonds. The molecule has 0 radical (unpaired) electrons. The molecule has 1 aromatic carbocycles. The maximum Gasteiger partial charge on any atom is 0.338 e. The number of sulfonamides is 1. The van der Waals surface area contributed by atoms with E-state index in [1.807, 2.05) is 0 Å². The molecule has 0 fully saturated rings. The number of nitrogens with one attached hydrogen (secondary N) is 2. The SMILES string of the molecule is CCCCCCNC(=O)COC(=O)c1ccc(Cl)c(S(=O)(=O)NC)c1. The van der Waals surface area contributed by atoms with E-state index in [2.05, 4.69) is 17.0 Å². The van der Waals surface area contributed by atoms with Gasteiger partial charge in [0.15, 0.2) is 6.61 Å². The smallest absolute Gasteiger partial charge is 0.338 e. The number of benzene rings is 1. The topological polar surface area (TPSA) is 102 Å². The lowest BCUT2D eigenvalue weighted by molar-refractivity contribution is -0.124. The zero-order chi connectivity index (χ0) is 18.9. The summed E-state index contributed by atoms with van der Waals surface area (Å²) >= 11 is 5.85. The van der Waals surface area contributed by atoms with Gasteiger partial charge in [-0.3, -0.25) is 4.79 Å². The first kappa shape index (κ1) is 21.4. The predicted molar refractivity (Wildman–Crippen MR) is 95.1 cm³/mol. The Morgan fingerprint density at radius 3 is 2.56 bits per heavy atom. The second-order valence-electron chi connectivity index (χ2n) is 5.34. The summed E-state index contributed by atoms with van der Waals surface area (Å²) in [6, 6.07) is 3.73. The van der Waals surface area contributed by atoms with Gasteiger partial charge in [-0.05, 0) is 31.7 Å². The molecule has 0 unspecified atom stereocenters. The van der Waals surface area contributed by atoms with Gasteiger partial charge in [-0.1, -0.05) is 37.8 Å². The van der Waals surface area contributed by atoms with Crippen molar-refractivity contribution in [2.24, 2.45) is 0 Å². The van der Waals surface area contributed by atoms with Crippen molar-refractivity contribution in [2.45, 2.75) is 37.5 Å². The molecule has 1 rings (SSSR count). The zero-order valence-corrected chi connectivity index (χ0v) is 15.9. The number of halogens is 1. The van der Waals surface area contributed by atoms with E-state index in [-0.39, 0.29) is 15.5 Å². The first-order chi connectivity index (χ1) is 11.8. The minimum absolute atomic E-state index is 0.00558. The van der Waals surface area contributed by atoms with E-state index in [9.17, 15) is 18.0 Å². The lowest BCUT2D eigenvalue weighted by Gasteiger charge is -2.09. The molecule has 0 saturated carbocycles. The van der Waals surface area contributed by atoms with Gasteiger partial charge in [-0.25, -0.2) is 17.9 Å². The lowest BCUT2D eigenvalue weighted by atomic mass is 10.2. The molecule has 0 atom stereocenters. The fourth-order valence-corrected chi connectivity index (χ4v) is 3.24. The number of unbranched alkanes of at least 4 members (excludes halogenated alkanes) is 3. The molecule has 0 spiro atoms. The van der Waals surface area contributed by atoms with E-state index < -0.39 is 28.5 Å². The van der Waals surface area contributed by atoms with E-state index in [0.717, 1.165) is 31.7 Å². The van der Waals surface area contributed by atoms with Crippen LogP contribution in [0.15, 0.2) is 23.1 Å². The maximum atomic E-state index is 12.0. The Hall–Kier alpha value is -1.64. The van der Waals surface area contributed by atoms with Crippen molar-refractivity contribution in [1.29, 1.82) is 0 Å². The van der Waals surface area contributed by atoms with Gasteiger partial charge in [-0.15, -0.1) is 0 Å². The van der Waals surface area contributed by atoms with Gasteiger partial charge in [-0.2, -0.15) is 0 Å². The summed E-state index contributed by atoms with van der Waals surface area (Å²) in [4.78, 5) is 23.4. The summed E-state index contributed by atoms with van der Waals surface area (Å²) in [6.07, 6.45) is 4.12. The number of carbonyl (C=O) groups is 2. The van der Waals surface area contributed by atoms with Gasteiger partial charge in [0.2, 0.25) is 10.0 Å². The third-order valence-corrected chi connectivity index (χ3v) is 5.31. The van der Waals surface area contributed by atoms with Crippen molar-refractivity contribution >= 4 is 33.5 Å². The fraction of sp³-hybridized carbons (Fsp3) is 0.500. The number of ether oxygens (including phenoxy) is 1. The molecular weight excluding hydrogens is 368 g/mol. The molecule has 0 heterocycles. The number of amides is 1. The minimum atomic E-state index is -3.80. The third-order valence-electron chi connectivity index (χ3n) is 3.41. The lowest BCUT2D eigenvalue weighted by Crippen LogP contribution is -2.29. The van der Waals surface area contributed by atoms with Crippen LogP contribution < -0.4 is 10.0 Å². The first-order valence-corrected chi connectivity index (χ1v) is 9.84. The summed E-state index contributed by atoms with van der Waals surface area (Å²) < 4.78 is 30.7. The largest absolute Gasteiger partial charge is 0.452 e. The van der Waals surface area contributed by atoms with Gasteiger partial charge in [0.25, 0.3) is 5.91 Å². The molecule has 0 aliphatic carbocycles. The quantitative estimate of drug-likeness (QED) is 0.470. The third kappa shape index (κ3) is 7.01. The average molecular weight is 391 g/mol. The Kier molecular flexibility index (Phi) is 8.88. The molecule has 9 heteroatoms. The maximum absolute atomic E-state index is 12.0. The van der Waals surface area contributed by atoms with Crippen molar-refractivity contribution in [3.63, 3.8) is 0 Å². The van der Waals surface area contributed by atoms with Crippen LogP contribution in [0.2, 0.25) is 5.02 Å². The molecule has 0 bridgehead atoms. The summed E-state index contributed by atoms with van der Waals surface area (Å²) in [5.41, 5.74) is -0.00558. The van der Waals surface area contributed by atoms with Crippen LogP contribution in [0.4, 0.5) is 0 Å². The normalized spacial score (nSPS) is 11.2. The van der Waals surface area contributed by atoms with Gasteiger partial charge in [0, 0.05) is 6.54 Å². The van der Waals surface area contributed by atoms with E-state index >= 15 is 0 Å². The van der Waals surface area contributed by atoms with E-state index in [0.29, 0.717) is 6.54 Å². The second kappa shape index (κ2) is 10.4. The van der Waals surface area contributed by atoms with Crippen LogP contribution in [0.3, 0.4) is 0 Å². The summed E-state index contributed by atoms with van der Waals surface area (Å²) in [7, 11) is -2.57. The van der Waals surface area contributed by atoms with Crippen molar-refractivity contribution < 1.29 is 22.7 Å². The van der Waals surface area contributed by atoms with Crippen LogP contribution in [-0.2, 0) is 19.6 Å². The Labute approximate surface area is 153 Å². The fourth-order valence-electron chi connectivity index (χ4n) is 1.99. The number of hydrogen-bond acceptors (Lipinski definition) is 5.